The summed E-state index contributed by atoms with van der Waals surface area (Å²) in [6.07, 6.45) is 1.39. The number of methoxy groups -OCH3 is 1. The van der Waals surface area contributed by atoms with Crippen molar-refractivity contribution in [3.8, 4) is 0 Å². The van der Waals surface area contributed by atoms with Gasteiger partial charge in [0.05, 0.1) is 24.2 Å². The van der Waals surface area contributed by atoms with E-state index in [4.69, 9.17) is 10.5 Å². The number of fused-ring (bicyclic) bond motifs is 1. The van der Waals surface area contributed by atoms with E-state index in [2.05, 4.69) is 17.4 Å². The van der Waals surface area contributed by atoms with E-state index in [-0.39, 0.29) is 12.1 Å². The van der Waals surface area contributed by atoms with E-state index in [0.29, 0.717) is 12.2 Å². The average molecular weight is 325 g/mol. The Balaban J connectivity index is 1.86. The van der Waals surface area contributed by atoms with Crippen molar-refractivity contribution >= 4 is 23.2 Å². The van der Waals surface area contributed by atoms with Gasteiger partial charge in [0.15, 0.2) is 0 Å². The molecular weight excluding hydrogens is 302 g/mol. The Kier molecular flexibility index (Phi) is 4.60. The highest BCUT2D eigenvalue weighted by Gasteiger charge is 2.30. The molecule has 0 spiro atoms. The van der Waals surface area contributed by atoms with Gasteiger partial charge >= 0.3 is 6.09 Å². The number of hydrogen-bond acceptors (Lipinski definition) is 4. The van der Waals surface area contributed by atoms with E-state index in [0.717, 1.165) is 29.8 Å². The van der Waals surface area contributed by atoms with Crippen LogP contribution in [0.1, 0.15) is 24.5 Å². The largest absolute Gasteiger partial charge is 0.452 e. The fourth-order valence-corrected chi connectivity index (χ4v) is 3.19. The number of carbonyl (C=O) groups is 1. The first-order valence-corrected chi connectivity index (χ1v) is 8.18. The monoisotopic (exact) mass is 325 g/mol. The summed E-state index contributed by atoms with van der Waals surface area (Å²) in [5, 5.41) is 3.39. The van der Waals surface area contributed by atoms with Crippen molar-refractivity contribution in [1.29, 1.82) is 0 Å². The maximum atomic E-state index is 12.1. The van der Waals surface area contributed by atoms with Crippen LogP contribution in [0.5, 0.6) is 0 Å². The van der Waals surface area contributed by atoms with Gasteiger partial charge in [0.1, 0.15) is 0 Å². The molecule has 0 bridgehead atoms. The van der Waals surface area contributed by atoms with E-state index in [1.807, 2.05) is 37.3 Å². The van der Waals surface area contributed by atoms with Crippen LogP contribution in [0.2, 0.25) is 0 Å². The molecule has 5 heteroatoms. The highest BCUT2D eigenvalue weighted by atomic mass is 16.5. The Morgan fingerprint density at radius 2 is 2.04 bits per heavy atom. The van der Waals surface area contributed by atoms with Gasteiger partial charge in [-0.15, -0.1) is 0 Å². The number of anilines is 3. The molecule has 126 valence electrons. The van der Waals surface area contributed by atoms with Gasteiger partial charge in [0, 0.05) is 18.2 Å². The van der Waals surface area contributed by atoms with E-state index in [9.17, 15) is 4.79 Å². The summed E-state index contributed by atoms with van der Waals surface area (Å²) in [7, 11) is 1.41. The molecule has 5 nitrogen and oxygen atoms in total. The SMILES string of the molecule is COC(=O)N1c2ccc(NCc3ccccc3)c(N)c2CC[C@@H]1C. The Labute approximate surface area is 142 Å². The number of carbonyl (C=O) groups excluding carboxylic acids is 1. The van der Waals surface area contributed by atoms with Crippen LogP contribution in [0.3, 0.4) is 0 Å². The number of nitrogens with zero attached hydrogens (tertiary/aromatic N) is 1. The van der Waals surface area contributed by atoms with Crippen molar-refractivity contribution in [3.63, 3.8) is 0 Å². The molecule has 0 radical (unpaired) electrons. The number of nitrogens with two attached hydrogens (primary N) is 1. The summed E-state index contributed by atoms with van der Waals surface area (Å²) in [5.74, 6) is 0. The van der Waals surface area contributed by atoms with Crippen molar-refractivity contribution in [2.24, 2.45) is 0 Å². The summed E-state index contributed by atoms with van der Waals surface area (Å²) in [6.45, 7) is 2.73. The van der Waals surface area contributed by atoms with Crippen LogP contribution in [0.15, 0.2) is 42.5 Å². The second-order valence-electron chi connectivity index (χ2n) is 6.09. The van der Waals surface area contributed by atoms with Crippen LogP contribution in [0.4, 0.5) is 21.9 Å². The normalized spacial score (nSPS) is 16.4. The molecule has 0 aliphatic carbocycles. The van der Waals surface area contributed by atoms with E-state index in [1.165, 1.54) is 12.7 Å². The third kappa shape index (κ3) is 3.02. The zero-order valence-electron chi connectivity index (χ0n) is 14.1. The predicted molar refractivity (Wildman–Crippen MR) is 97.3 cm³/mol. The lowest BCUT2D eigenvalue weighted by atomic mass is 9.94. The molecule has 1 amide bonds. The van der Waals surface area contributed by atoms with Crippen LogP contribution in [0, 0.1) is 0 Å². The van der Waals surface area contributed by atoms with Crippen molar-refractivity contribution in [2.45, 2.75) is 32.4 Å². The van der Waals surface area contributed by atoms with Gasteiger partial charge in [-0.2, -0.15) is 0 Å². The molecule has 2 aromatic rings. The first-order chi connectivity index (χ1) is 11.6. The minimum Gasteiger partial charge on any atom is -0.452 e. The lowest BCUT2D eigenvalue weighted by Gasteiger charge is -2.35. The third-order valence-electron chi connectivity index (χ3n) is 4.54. The summed E-state index contributed by atoms with van der Waals surface area (Å²) in [6, 6.07) is 14.2. The van der Waals surface area contributed by atoms with Crippen molar-refractivity contribution in [1.82, 2.24) is 0 Å². The molecule has 1 atom stereocenters. The Morgan fingerprint density at radius 1 is 1.29 bits per heavy atom. The van der Waals surface area contributed by atoms with Gasteiger partial charge in [0.25, 0.3) is 0 Å². The third-order valence-corrected chi connectivity index (χ3v) is 4.54. The van der Waals surface area contributed by atoms with Crippen LogP contribution < -0.4 is 16.0 Å². The van der Waals surface area contributed by atoms with Crippen molar-refractivity contribution in [2.75, 3.05) is 23.1 Å². The number of nitrogen functional groups attached to an aromatic ring is 1. The number of rotatable bonds is 3. The molecule has 0 saturated carbocycles. The molecule has 1 aliphatic rings. The predicted octanol–water partition coefficient (Wildman–Crippen LogP) is 3.79. The Bertz CT molecular complexity index is 731. The zero-order valence-corrected chi connectivity index (χ0v) is 14.1. The minimum absolute atomic E-state index is 0.104. The number of benzene rings is 2. The Hall–Kier alpha value is -2.69. The molecule has 1 aliphatic heterocycles. The van der Waals surface area contributed by atoms with Gasteiger partial charge in [-0.05, 0) is 37.5 Å². The first kappa shape index (κ1) is 16.2. The molecule has 0 fully saturated rings. The first-order valence-electron chi connectivity index (χ1n) is 8.18. The molecule has 0 unspecified atom stereocenters. The average Bonchev–Trinajstić information content (AvgIpc) is 2.61. The standard InChI is InChI=1S/C19H23N3O2/c1-13-8-9-15-17(22(13)19(23)24-2)11-10-16(18(15)20)21-12-14-6-4-3-5-7-14/h3-7,10-11,13,21H,8-9,12,20H2,1-2H3/t13-/m0/s1. The summed E-state index contributed by atoms with van der Waals surface area (Å²) in [5.41, 5.74) is 11.0. The quantitative estimate of drug-likeness (QED) is 0.843. The zero-order chi connectivity index (χ0) is 17.1. The topological polar surface area (TPSA) is 67.6 Å². The summed E-state index contributed by atoms with van der Waals surface area (Å²) >= 11 is 0. The van der Waals surface area contributed by atoms with Gasteiger partial charge in [-0.1, -0.05) is 30.3 Å². The van der Waals surface area contributed by atoms with Gasteiger partial charge < -0.3 is 15.8 Å². The van der Waals surface area contributed by atoms with Crippen LogP contribution >= 0.6 is 0 Å². The second kappa shape index (κ2) is 6.83. The van der Waals surface area contributed by atoms with Crippen molar-refractivity contribution < 1.29 is 9.53 Å². The van der Waals surface area contributed by atoms with Crippen LogP contribution in [-0.2, 0) is 17.7 Å². The van der Waals surface area contributed by atoms with E-state index < -0.39 is 0 Å². The van der Waals surface area contributed by atoms with E-state index in [1.54, 1.807) is 4.90 Å². The number of ether oxygens (including phenoxy) is 1. The number of amides is 1. The molecule has 24 heavy (non-hydrogen) atoms. The highest BCUT2D eigenvalue weighted by molar-refractivity contribution is 5.93. The summed E-state index contributed by atoms with van der Waals surface area (Å²) in [4.78, 5) is 13.8. The fraction of sp³-hybridized carbons (Fsp3) is 0.316. The van der Waals surface area contributed by atoms with Gasteiger partial charge in [0.2, 0.25) is 0 Å². The molecule has 2 aromatic carbocycles. The van der Waals surface area contributed by atoms with Gasteiger partial charge in [-0.3, -0.25) is 4.90 Å². The molecule has 3 rings (SSSR count). The smallest absolute Gasteiger partial charge is 0.414 e. The lowest BCUT2D eigenvalue weighted by Crippen LogP contribution is -2.42. The number of hydrogen-bond donors (Lipinski definition) is 2. The summed E-state index contributed by atoms with van der Waals surface area (Å²) < 4.78 is 4.92. The van der Waals surface area contributed by atoms with Crippen molar-refractivity contribution in [3.05, 3.63) is 53.6 Å². The lowest BCUT2D eigenvalue weighted by molar-refractivity contribution is 0.175. The van der Waals surface area contributed by atoms with E-state index >= 15 is 0 Å². The van der Waals surface area contributed by atoms with Crippen LogP contribution in [0.25, 0.3) is 0 Å². The minimum atomic E-state index is -0.340. The van der Waals surface area contributed by atoms with Crippen LogP contribution in [-0.4, -0.2) is 19.2 Å². The molecule has 0 saturated heterocycles. The maximum Gasteiger partial charge on any atom is 0.414 e. The Morgan fingerprint density at radius 3 is 2.75 bits per heavy atom. The molecule has 1 heterocycles. The van der Waals surface area contributed by atoms with Gasteiger partial charge in [-0.25, -0.2) is 4.79 Å². The highest BCUT2D eigenvalue weighted by Crippen LogP contribution is 2.38. The number of nitrogens with one attached hydrogen (secondary N) is 1. The maximum absolute atomic E-state index is 12.1. The molecule has 3 N–H and O–H groups in total. The second-order valence-corrected chi connectivity index (χ2v) is 6.09. The fourth-order valence-electron chi connectivity index (χ4n) is 3.19. The molecule has 0 aromatic heterocycles. The molecular formula is C19H23N3O2.